The number of hydrogen-bond donors (Lipinski definition) is 1. The van der Waals surface area contributed by atoms with Crippen molar-refractivity contribution in [1.82, 2.24) is 4.90 Å². The number of carbonyl (C=O) groups is 2. The maximum atomic E-state index is 12.5. The molecule has 1 aromatic rings. The first-order chi connectivity index (χ1) is 9.12. The third-order valence-corrected chi connectivity index (χ3v) is 3.63. The van der Waals surface area contributed by atoms with E-state index in [1.807, 2.05) is 6.07 Å². The topological polar surface area (TPSA) is 57.6 Å². The molecule has 1 aromatic carbocycles. The van der Waals surface area contributed by atoms with E-state index >= 15 is 0 Å². The second kappa shape index (κ2) is 5.26. The van der Waals surface area contributed by atoms with Crippen molar-refractivity contribution in [3.63, 3.8) is 0 Å². The molecule has 19 heavy (non-hydrogen) atoms. The zero-order chi connectivity index (χ0) is 13.9. The molecule has 1 N–H and O–H groups in total. The summed E-state index contributed by atoms with van der Waals surface area (Å²) >= 11 is 0. The Kier molecular flexibility index (Phi) is 3.69. The summed E-state index contributed by atoms with van der Waals surface area (Å²) in [6.07, 6.45) is 3.04. The normalized spacial score (nSPS) is 22.2. The Morgan fingerprint density at radius 1 is 1.37 bits per heavy atom. The molecule has 1 amide bonds. The van der Waals surface area contributed by atoms with Gasteiger partial charge < -0.3 is 10.0 Å². The lowest BCUT2D eigenvalue weighted by Gasteiger charge is -2.34. The Balaban J connectivity index is 2.34. The first-order valence-electron chi connectivity index (χ1n) is 6.33. The van der Waals surface area contributed by atoms with Gasteiger partial charge in [0.15, 0.2) is 0 Å². The standard InChI is InChI=1S/C15H17NO3/c1-2-9-15(14(18)19)10-6-11-16(15)13(17)12-7-4-3-5-8-12/h2-5,7-8H,1,6,9-11H2,(H,18,19)/t15-/m0/s1. The third kappa shape index (κ3) is 2.26. The summed E-state index contributed by atoms with van der Waals surface area (Å²) in [5, 5.41) is 9.52. The summed E-state index contributed by atoms with van der Waals surface area (Å²) < 4.78 is 0. The molecule has 1 atom stereocenters. The van der Waals surface area contributed by atoms with Gasteiger partial charge in [0.2, 0.25) is 0 Å². The highest BCUT2D eigenvalue weighted by Gasteiger charge is 2.49. The van der Waals surface area contributed by atoms with Crippen molar-refractivity contribution in [3.05, 3.63) is 48.6 Å². The van der Waals surface area contributed by atoms with Crippen LogP contribution in [0.15, 0.2) is 43.0 Å². The summed E-state index contributed by atoms with van der Waals surface area (Å²) in [7, 11) is 0. The molecule has 4 nitrogen and oxygen atoms in total. The van der Waals surface area contributed by atoms with Crippen LogP contribution in [0.4, 0.5) is 0 Å². The molecular formula is C15H17NO3. The van der Waals surface area contributed by atoms with E-state index in [2.05, 4.69) is 6.58 Å². The molecule has 0 spiro atoms. The number of carboxylic acid groups (broad SMARTS) is 1. The number of carbonyl (C=O) groups excluding carboxylic acids is 1. The minimum atomic E-state index is -1.13. The van der Waals surface area contributed by atoms with Gasteiger partial charge in [-0.05, 0) is 31.4 Å². The van der Waals surface area contributed by atoms with Crippen molar-refractivity contribution in [2.45, 2.75) is 24.8 Å². The van der Waals surface area contributed by atoms with Gasteiger partial charge >= 0.3 is 5.97 Å². The zero-order valence-electron chi connectivity index (χ0n) is 10.7. The van der Waals surface area contributed by atoms with Gasteiger partial charge in [0.25, 0.3) is 5.91 Å². The highest BCUT2D eigenvalue weighted by atomic mass is 16.4. The Labute approximate surface area is 112 Å². The average Bonchev–Trinajstić information content (AvgIpc) is 2.84. The number of amides is 1. The van der Waals surface area contributed by atoms with Crippen LogP contribution < -0.4 is 0 Å². The lowest BCUT2D eigenvalue weighted by Crippen LogP contribution is -2.52. The quantitative estimate of drug-likeness (QED) is 0.844. The van der Waals surface area contributed by atoms with E-state index in [0.717, 1.165) is 0 Å². The van der Waals surface area contributed by atoms with E-state index in [1.165, 1.54) is 4.90 Å². The molecule has 100 valence electrons. The molecule has 1 heterocycles. The largest absolute Gasteiger partial charge is 0.479 e. The molecule has 0 radical (unpaired) electrons. The number of rotatable bonds is 4. The SMILES string of the molecule is C=CC[C@@]1(C(=O)O)CCCN1C(=O)c1ccccc1. The Morgan fingerprint density at radius 3 is 2.63 bits per heavy atom. The van der Waals surface area contributed by atoms with Gasteiger partial charge in [-0.1, -0.05) is 24.3 Å². The summed E-state index contributed by atoms with van der Waals surface area (Å²) in [6.45, 7) is 4.10. The lowest BCUT2D eigenvalue weighted by atomic mass is 9.91. The molecule has 0 bridgehead atoms. The minimum absolute atomic E-state index is 0.220. The van der Waals surface area contributed by atoms with Gasteiger partial charge in [0.1, 0.15) is 5.54 Å². The summed E-state index contributed by atoms with van der Waals surface area (Å²) in [5.74, 6) is -1.17. The van der Waals surface area contributed by atoms with Crippen molar-refractivity contribution in [2.75, 3.05) is 6.54 Å². The lowest BCUT2D eigenvalue weighted by molar-refractivity contribution is -0.148. The predicted octanol–water partition coefficient (Wildman–Crippen LogP) is 2.32. The molecule has 0 aliphatic carbocycles. The number of nitrogens with zero attached hydrogens (tertiary/aromatic N) is 1. The highest BCUT2D eigenvalue weighted by molar-refractivity contribution is 5.98. The molecule has 0 aromatic heterocycles. The van der Waals surface area contributed by atoms with E-state index < -0.39 is 11.5 Å². The fourth-order valence-corrected chi connectivity index (χ4v) is 2.67. The number of carboxylic acids is 1. The van der Waals surface area contributed by atoms with Crippen LogP contribution in [0.3, 0.4) is 0 Å². The second-order valence-electron chi connectivity index (χ2n) is 4.76. The van der Waals surface area contributed by atoms with E-state index in [1.54, 1.807) is 30.3 Å². The summed E-state index contributed by atoms with van der Waals surface area (Å²) in [6, 6.07) is 8.80. The van der Waals surface area contributed by atoms with E-state index in [-0.39, 0.29) is 12.3 Å². The fourth-order valence-electron chi connectivity index (χ4n) is 2.67. The second-order valence-corrected chi connectivity index (χ2v) is 4.76. The van der Waals surface area contributed by atoms with Crippen LogP contribution >= 0.6 is 0 Å². The van der Waals surface area contributed by atoms with E-state index in [0.29, 0.717) is 24.9 Å². The smallest absolute Gasteiger partial charge is 0.329 e. The number of hydrogen-bond acceptors (Lipinski definition) is 2. The zero-order valence-corrected chi connectivity index (χ0v) is 10.7. The van der Waals surface area contributed by atoms with Crippen LogP contribution in [0.1, 0.15) is 29.6 Å². The van der Waals surface area contributed by atoms with Crippen molar-refractivity contribution in [2.24, 2.45) is 0 Å². The molecule has 4 heteroatoms. The van der Waals surface area contributed by atoms with Crippen LogP contribution in [0, 0.1) is 0 Å². The van der Waals surface area contributed by atoms with E-state index in [9.17, 15) is 14.7 Å². The van der Waals surface area contributed by atoms with Gasteiger partial charge in [-0.2, -0.15) is 0 Å². The molecule has 0 saturated carbocycles. The Hall–Kier alpha value is -2.10. The molecule has 1 aliphatic heterocycles. The predicted molar refractivity (Wildman–Crippen MR) is 71.9 cm³/mol. The van der Waals surface area contributed by atoms with Crippen molar-refractivity contribution < 1.29 is 14.7 Å². The number of aliphatic carboxylic acids is 1. The first kappa shape index (κ1) is 13.3. The van der Waals surface area contributed by atoms with Crippen molar-refractivity contribution in [1.29, 1.82) is 0 Å². The summed E-state index contributed by atoms with van der Waals surface area (Å²) in [5.41, 5.74) is -0.603. The van der Waals surface area contributed by atoms with Gasteiger partial charge in [-0.15, -0.1) is 6.58 Å². The fraction of sp³-hybridized carbons (Fsp3) is 0.333. The van der Waals surface area contributed by atoms with Gasteiger partial charge in [-0.3, -0.25) is 4.79 Å². The van der Waals surface area contributed by atoms with Crippen LogP contribution in [0.5, 0.6) is 0 Å². The molecule has 1 fully saturated rings. The molecular weight excluding hydrogens is 242 g/mol. The van der Waals surface area contributed by atoms with Crippen molar-refractivity contribution >= 4 is 11.9 Å². The van der Waals surface area contributed by atoms with Crippen molar-refractivity contribution in [3.8, 4) is 0 Å². The molecule has 1 saturated heterocycles. The van der Waals surface area contributed by atoms with E-state index in [4.69, 9.17) is 0 Å². The minimum Gasteiger partial charge on any atom is -0.479 e. The number of likely N-dealkylation sites (tertiary alicyclic amines) is 1. The number of benzene rings is 1. The molecule has 1 aliphatic rings. The van der Waals surface area contributed by atoms with Gasteiger partial charge in [0, 0.05) is 12.1 Å². The molecule has 0 unspecified atom stereocenters. The maximum absolute atomic E-state index is 12.5. The van der Waals surface area contributed by atoms with Gasteiger partial charge in [0.05, 0.1) is 0 Å². The van der Waals surface area contributed by atoms with Crippen LogP contribution in [0.25, 0.3) is 0 Å². The third-order valence-electron chi connectivity index (χ3n) is 3.63. The Morgan fingerprint density at radius 2 is 2.05 bits per heavy atom. The Bertz CT molecular complexity index is 497. The molecule has 2 rings (SSSR count). The first-order valence-corrected chi connectivity index (χ1v) is 6.33. The van der Waals surface area contributed by atoms with Crippen LogP contribution in [-0.2, 0) is 4.79 Å². The monoisotopic (exact) mass is 259 g/mol. The highest BCUT2D eigenvalue weighted by Crippen LogP contribution is 2.34. The van der Waals surface area contributed by atoms with Crippen LogP contribution in [0.2, 0.25) is 0 Å². The summed E-state index contributed by atoms with van der Waals surface area (Å²) in [4.78, 5) is 25.6. The maximum Gasteiger partial charge on any atom is 0.329 e. The average molecular weight is 259 g/mol. The van der Waals surface area contributed by atoms with Crippen LogP contribution in [-0.4, -0.2) is 34.0 Å². The van der Waals surface area contributed by atoms with Gasteiger partial charge in [-0.25, -0.2) is 4.79 Å².